The fourth-order valence-corrected chi connectivity index (χ4v) is 4.34. The van der Waals surface area contributed by atoms with E-state index in [-0.39, 0.29) is 30.0 Å². The molecule has 1 unspecified atom stereocenters. The van der Waals surface area contributed by atoms with E-state index in [0.29, 0.717) is 13.0 Å². The van der Waals surface area contributed by atoms with Gasteiger partial charge in [-0.1, -0.05) is 36.7 Å². The zero-order chi connectivity index (χ0) is 15.3. The summed E-state index contributed by atoms with van der Waals surface area (Å²) >= 11 is 6.29. The van der Waals surface area contributed by atoms with E-state index in [9.17, 15) is 8.42 Å². The fraction of sp³-hybridized carbons (Fsp3) is 0.600. The molecule has 0 aromatic heterocycles. The molecule has 0 bridgehead atoms. The highest BCUT2D eigenvalue weighted by Crippen LogP contribution is 2.28. The van der Waals surface area contributed by atoms with Crippen LogP contribution in [-0.2, 0) is 9.84 Å². The molecule has 1 aliphatic rings. The van der Waals surface area contributed by atoms with Crippen LogP contribution in [0.15, 0.2) is 24.3 Å². The predicted molar refractivity (Wildman–Crippen MR) is 94.8 cm³/mol. The number of nitrogens with zero attached hydrogens (tertiary/aromatic N) is 1. The lowest BCUT2D eigenvalue weighted by Gasteiger charge is -2.36. The maximum absolute atomic E-state index is 11.9. The van der Waals surface area contributed by atoms with Crippen molar-refractivity contribution >= 4 is 33.8 Å². The third-order valence-corrected chi connectivity index (χ3v) is 6.00. The predicted octanol–water partition coefficient (Wildman–Crippen LogP) is 2.53. The molecule has 4 nitrogen and oxygen atoms in total. The van der Waals surface area contributed by atoms with E-state index in [1.54, 1.807) is 0 Å². The zero-order valence-corrected chi connectivity index (χ0v) is 15.2. The van der Waals surface area contributed by atoms with Gasteiger partial charge in [-0.25, -0.2) is 8.42 Å². The summed E-state index contributed by atoms with van der Waals surface area (Å²) in [5, 5.41) is 4.11. The van der Waals surface area contributed by atoms with Gasteiger partial charge >= 0.3 is 0 Å². The quantitative estimate of drug-likeness (QED) is 0.840. The van der Waals surface area contributed by atoms with Gasteiger partial charge in [-0.3, -0.25) is 4.90 Å². The Kier molecular flexibility index (Phi) is 8.14. The second kappa shape index (κ2) is 9.08. The molecule has 1 aliphatic heterocycles. The average molecular weight is 367 g/mol. The Bertz CT molecular complexity index is 566. The Morgan fingerprint density at radius 1 is 1.32 bits per heavy atom. The summed E-state index contributed by atoms with van der Waals surface area (Å²) in [6, 6.07) is 7.94. The minimum atomic E-state index is -2.94. The van der Waals surface area contributed by atoms with E-state index in [1.807, 2.05) is 31.2 Å². The first-order chi connectivity index (χ1) is 10.0. The normalized spacial score (nSPS) is 19.6. The topological polar surface area (TPSA) is 49.4 Å². The number of halogens is 2. The highest BCUT2D eigenvalue weighted by molar-refractivity contribution is 7.91. The van der Waals surface area contributed by atoms with Gasteiger partial charge in [-0.2, -0.15) is 0 Å². The largest absolute Gasteiger partial charge is 0.314 e. The molecule has 0 spiro atoms. The van der Waals surface area contributed by atoms with Crippen molar-refractivity contribution in [3.8, 4) is 0 Å². The van der Waals surface area contributed by atoms with E-state index >= 15 is 0 Å². The van der Waals surface area contributed by atoms with Gasteiger partial charge in [0, 0.05) is 43.0 Å². The lowest BCUT2D eigenvalue weighted by Crippen LogP contribution is -2.47. The van der Waals surface area contributed by atoms with Crippen LogP contribution in [0.4, 0.5) is 0 Å². The summed E-state index contributed by atoms with van der Waals surface area (Å²) in [5.74, 6) is 0.498. The number of benzene rings is 1. The van der Waals surface area contributed by atoms with E-state index < -0.39 is 9.84 Å². The first-order valence-electron chi connectivity index (χ1n) is 7.43. The van der Waals surface area contributed by atoms with Gasteiger partial charge in [0.05, 0.1) is 5.75 Å². The van der Waals surface area contributed by atoms with Crippen LogP contribution < -0.4 is 5.32 Å². The fourth-order valence-electron chi connectivity index (χ4n) is 2.74. The summed E-state index contributed by atoms with van der Waals surface area (Å²) in [6.45, 7) is 5.00. The van der Waals surface area contributed by atoms with Crippen LogP contribution in [0.5, 0.6) is 0 Å². The summed E-state index contributed by atoms with van der Waals surface area (Å²) in [4.78, 5) is 2.23. The Labute approximate surface area is 144 Å². The first kappa shape index (κ1) is 19.7. The van der Waals surface area contributed by atoms with Crippen LogP contribution in [-0.4, -0.2) is 51.0 Å². The molecule has 2 rings (SSSR count). The van der Waals surface area contributed by atoms with E-state index in [4.69, 9.17) is 11.6 Å². The second-order valence-corrected chi connectivity index (χ2v) is 8.14. The van der Waals surface area contributed by atoms with Crippen LogP contribution in [0.1, 0.15) is 24.9 Å². The van der Waals surface area contributed by atoms with Crippen molar-refractivity contribution in [1.82, 2.24) is 10.2 Å². The summed E-state index contributed by atoms with van der Waals surface area (Å²) in [7, 11) is -2.94. The molecule has 22 heavy (non-hydrogen) atoms. The van der Waals surface area contributed by atoms with Crippen LogP contribution >= 0.6 is 24.0 Å². The van der Waals surface area contributed by atoms with Crippen molar-refractivity contribution in [2.45, 2.75) is 19.4 Å². The van der Waals surface area contributed by atoms with Gasteiger partial charge in [0.1, 0.15) is 0 Å². The third kappa shape index (κ3) is 5.39. The van der Waals surface area contributed by atoms with Crippen molar-refractivity contribution in [2.24, 2.45) is 0 Å². The first-order valence-corrected chi connectivity index (χ1v) is 9.63. The maximum Gasteiger partial charge on any atom is 0.151 e. The minimum Gasteiger partial charge on any atom is -0.314 e. The molecule has 126 valence electrons. The third-order valence-electron chi connectivity index (χ3n) is 3.82. The van der Waals surface area contributed by atoms with Gasteiger partial charge in [0.15, 0.2) is 9.84 Å². The lowest BCUT2D eigenvalue weighted by atomic mass is 10.0. The molecule has 1 saturated heterocycles. The summed E-state index contributed by atoms with van der Waals surface area (Å²) in [5.41, 5.74) is 1.07. The van der Waals surface area contributed by atoms with Gasteiger partial charge < -0.3 is 5.32 Å². The zero-order valence-electron chi connectivity index (χ0n) is 12.8. The highest BCUT2D eigenvalue weighted by Gasteiger charge is 2.26. The highest BCUT2D eigenvalue weighted by atomic mass is 35.5. The molecule has 0 radical (unpaired) electrons. The van der Waals surface area contributed by atoms with Gasteiger partial charge in [0.25, 0.3) is 0 Å². The van der Waals surface area contributed by atoms with E-state index in [1.165, 1.54) is 0 Å². The molecule has 1 N–H and O–H groups in total. The molecular formula is C15H24Cl2N2O2S. The molecule has 1 fully saturated rings. The monoisotopic (exact) mass is 366 g/mol. The van der Waals surface area contributed by atoms with Gasteiger partial charge in [-0.15, -0.1) is 12.4 Å². The number of sulfone groups is 1. The van der Waals surface area contributed by atoms with Crippen molar-refractivity contribution in [3.63, 3.8) is 0 Å². The summed E-state index contributed by atoms with van der Waals surface area (Å²) in [6.07, 6.45) is 0.678. The second-order valence-electron chi connectivity index (χ2n) is 5.43. The molecular weight excluding hydrogens is 343 g/mol. The van der Waals surface area contributed by atoms with Crippen molar-refractivity contribution in [3.05, 3.63) is 34.9 Å². The Morgan fingerprint density at radius 3 is 2.73 bits per heavy atom. The number of hydrogen-bond donors (Lipinski definition) is 1. The number of rotatable bonds is 6. The minimum absolute atomic E-state index is 0. The SMILES string of the molecule is CCCS(=O)(=O)CCN1CCNCC1c1ccccc1Cl.Cl. The molecule has 0 amide bonds. The van der Waals surface area contributed by atoms with E-state index in [0.717, 1.165) is 30.2 Å². The average Bonchev–Trinajstić information content (AvgIpc) is 2.46. The van der Waals surface area contributed by atoms with Crippen LogP contribution in [0.2, 0.25) is 5.02 Å². The Hall–Kier alpha value is -0.330. The number of nitrogens with one attached hydrogen (secondary N) is 1. The van der Waals surface area contributed by atoms with Gasteiger partial charge in [0.2, 0.25) is 0 Å². The van der Waals surface area contributed by atoms with Crippen LogP contribution in [0, 0.1) is 0 Å². The molecule has 1 aromatic carbocycles. The number of piperazine rings is 1. The van der Waals surface area contributed by atoms with Crippen molar-refractivity contribution in [1.29, 1.82) is 0 Å². The maximum atomic E-state index is 11.9. The van der Waals surface area contributed by atoms with Gasteiger partial charge in [-0.05, 0) is 18.1 Å². The molecule has 7 heteroatoms. The molecule has 1 aromatic rings. The van der Waals surface area contributed by atoms with Crippen LogP contribution in [0.25, 0.3) is 0 Å². The van der Waals surface area contributed by atoms with Crippen LogP contribution in [0.3, 0.4) is 0 Å². The Morgan fingerprint density at radius 2 is 2.05 bits per heavy atom. The Balaban J connectivity index is 0.00000242. The molecule has 0 aliphatic carbocycles. The lowest BCUT2D eigenvalue weighted by molar-refractivity contribution is 0.172. The molecule has 1 heterocycles. The smallest absolute Gasteiger partial charge is 0.151 e. The molecule has 0 saturated carbocycles. The number of hydrogen-bond acceptors (Lipinski definition) is 4. The van der Waals surface area contributed by atoms with Crippen molar-refractivity contribution < 1.29 is 8.42 Å². The van der Waals surface area contributed by atoms with Crippen molar-refractivity contribution in [2.75, 3.05) is 37.7 Å². The molecule has 1 atom stereocenters. The standard InChI is InChI=1S/C15H23ClN2O2S.ClH/c1-2-10-21(19,20)11-9-18-8-7-17-12-15(18)13-5-3-4-6-14(13)16;/h3-6,15,17H,2,7-12H2,1H3;1H. The summed E-state index contributed by atoms with van der Waals surface area (Å²) < 4.78 is 23.8. The van der Waals surface area contributed by atoms with E-state index in [2.05, 4.69) is 10.2 Å².